The summed E-state index contributed by atoms with van der Waals surface area (Å²) in [4.78, 5) is 13.4. The summed E-state index contributed by atoms with van der Waals surface area (Å²) in [5.41, 5.74) is 8.39. The first-order valence-corrected chi connectivity index (χ1v) is 6.95. The topological polar surface area (TPSA) is 84.1 Å². The molecule has 1 amide bonds. The van der Waals surface area contributed by atoms with E-state index in [-0.39, 0.29) is 17.4 Å². The van der Waals surface area contributed by atoms with Gasteiger partial charge in [0, 0.05) is 14.1 Å². The van der Waals surface area contributed by atoms with Crippen molar-refractivity contribution in [3.05, 3.63) is 16.8 Å². The molecule has 1 heterocycles. The van der Waals surface area contributed by atoms with Crippen molar-refractivity contribution in [1.82, 2.24) is 15.1 Å². The zero-order valence-electron chi connectivity index (χ0n) is 12.4. The van der Waals surface area contributed by atoms with Gasteiger partial charge in [-0.15, -0.1) is 5.10 Å². The Balaban J connectivity index is 3.13. The Morgan fingerprint density at radius 2 is 1.95 bits per heavy atom. The van der Waals surface area contributed by atoms with Gasteiger partial charge in [-0.25, -0.2) is 0 Å². The summed E-state index contributed by atoms with van der Waals surface area (Å²) < 4.78 is 0. The van der Waals surface area contributed by atoms with Crippen molar-refractivity contribution in [3.8, 4) is 0 Å². The molecule has 0 aliphatic carbocycles. The monoisotopic (exact) mass is 295 g/mol. The minimum atomic E-state index is -0.0571. The summed E-state index contributed by atoms with van der Waals surface area (Å²) in [5.74, 6) is 0.417. The first kappa shape index (κ1) is 16.3. The third-order valence-electron chi connectivity index (χ3n) is 3.00. The van der Waals surface area contributed by atoms with Crippen molar-refractivity contribution in [3.63, 3.8) is 0 Å². The summed E-state index contributed by atoms with van der Waals surface area (Å²) >= 11 is 5.12. The molecule has 7 heteroatoms. The van der Waals surface area contributed by atoms with Gasteiger partial charge < -0.3 is 16.0 Å². The first-order valence-electron chi connectivity index (χ1n) is 6.54. The van der Waals surface area contributed by atoms with Crippen LogP contribution in [0.2, 0.25) is 0 Å². The van der Waals surface area contributed by atoms with Crippen LogP contribution in [-0.2, 0) is 17.6 Å². The standard InChI is InChI=1S/C13H21N5OS/c1-5-8-9(6-2)16-17-13(11(8)12(14)20)15-7-10(19)18(3)4/h5-7H2,1-4H3,(H2,14,20)(H,15,17). The van der Waals surface area contributed by atoms with Gasteiger partial charge in [-0.1, -0.05) is 26.1 Å². The van der Waals surface area contributed by atoms with Crippen molar-refractivity contribution in [2.75, 3.05) is 26.0 Å². The molecule has 0 saturated carbocycles. The Hall–Kier alpha value is -1.76. The van der Waals surface area contributed by atoms with Crippen molar-refractivity contribution in [2.45, 2.75) is 26.7 Å². The predicted molar refractivity (Wildman–Crippen MR) is 83.9 cm³/mol. The number of carbonyl (C=O) groups excluding carboxylic acids is 1. The molecular weight excluding hydrogens is 274 g/mol. The molecule has 1 aromatic heterocycles. The highest BCUT2D eigenvalue weighted by atomic mass is 32.1. The predicted octanol–water partition coefficient (Wildman–Crippen LogP) is 0.736. The zero-order valence-corrected chi connectivity index (χ0v) is 13.2. The fourth-order valence-corrected chi connectivity index (χ4v) is 2.10. The molecule has 0 bridgehead atoms. The number of carbonyl (C=O) groups is 1. The molecule has 1 aromatic rings. The zero-order chi connectivity index (χ0) is 15.3. The summed E-state index contributed by atoms with van der Waals surface area (Å²) in [6.45, 7) is 4.16. The number of aromatic nitrogens is 2. The van der Waals surface area contributed by atoms with Gasteiger partial charge in [-0.2, -0.15) is 5.10 Å². The van der Waals surface area contributed by atoms with E-state index in [0.29, 0.717) is 11.4 Å². The lowest BCUT2D eigenvalue weighted by atomic mass is 10.0. The maximum Gasteiger partial charge on any atom is 0.241 e. The number of nitrogens with two attached hydrogens (primary N) is 1. The van der Waals surface area contributed by atoms with E-state index in [1.54, 1.807) is 14.1 Å². The number of nitrogens with zero attached hydrogens (tertiary/aromatic N) is 3. The van der Waals surface area contributed by atoms with Crippen LogP contribution in [0.1, 0.15) is 30.7 Å². The van der Waals surface area contributed by atoms with Crippen LogP contribution in [0.5, 0.6) is 0 Å². The molecule has 0 fully saturated rings. The van der Waals surface area contributed by atoms with Crippen LogP contribution in [0.15, 0.2) is 0 Å². The van der Waals surface area contributed by atoms with Crippen LogP contribution in [0.4, 0.5) is 5.82 Å². The summed E-state index contributed by atoms with van der Waals surface area (Å²) in [7, 11) is 3.39. The van der Waals surface area contributed by atoms with Crippen LogP contribution in [0.3, 0.4) is 0 Å². The van der Waals surface area contributed by atoms with E-state index in [1.165, 1.54) is 4.90 Å². The van der Waals surface area contributed by atoms with Crippen molar-refractivity contribution < 1.29 is 4.79 Å². The molecule has 6 nitrogen and oxygen atoms in total. The van der Waals surface area contributed by atoms with Crippen molar-refractivity contribution >= 4 is 28.9 Å². The van der Waals surface area contributed by atoms with E-state index in [4.69, 9.17) is 18.0 Å². The lowest BCUT2D eigenvalue weighted by Gasteiger charge is -2.16. The number of rotatable bonds is 6. The SMILES string of the molecule is CCc1nnc(NCC(=O)N(C)C)c(C(N)=S)c1CC. The van der Waals surface area contributed by atoms with Gasteiger partial charge in [0.05, 0.1) is 17.8 Å². The molecule has 110 valence electrons. The molecule has 1 rings (SSSR count). The normalized spacial score (nSPS) is 10.2. The molecule has 0 saturated heterocycles. The average molecular weight is 295 g/mol. The molecule has 0 radical (unpaired) electrons. The number of anilines is 1. The van der Waals surface area contributed by atoms with Gasteiger partial charge in [0.25, 0.3) is 0 Å². The molecule has 0 aromatic carbocycles. The second kappa shape index (κ2) is 7.14. The van der Waals surface area contributed by atoms with E-state index in [1.807, 2.05) is 13.8 Å². The van der Waals surface area contributed by atoms with Crippen LogP contribution < -0.4 is 11.1 Å². The van der Waals surface area contributed by atoms with Gasteiger partial charge in [-0.3, -0.25) is 4.79 Å². The maximum atomic E-state index is 11.6. The number of nitrogens with one attached hydrogen (secondary N) is 1. The summed E-state index contributed by atoms with van der Waals surface area (Å²) in [6.07, 6.45) is 1.53. The fraction of sp³-hybridized carbons (Fsp3) is 0.538. The Morgan fingerprint density at radius 3 is 2.40 bits per heavy atom. The van der Waals surface area contributed by atoms with E-state index >= 15 is 0 Å². The molecule has 0 spiro atoms. The lowest BCUT2D eigenvalue weighted by Crippen LogP contribution is -2.30. The molecule has 0 aliphatic rings. The van der Waals surface area contributed by atoms with Gasteiger partial charge in [0.1, 0.15) is 4.99 Å². The number of aryl methyl sites for hydroxylation is 1. The Kier molecular flexibility index (Phi) is 5.82. The molecule has 0 aliphatic heterocycles. The fourth-order valence-electron chi connectivity index (χ4n) is 1.88. The van der Waals surface area contributed by atoms with Gasteiger partial charge in [0.2, 0.25) is 5.91 Å². The lowest BCUT2D eigenvalue weighted by molar-refractivity contribution is -0.126. The van der Waals surface area contributed by atoms with Gasteiger partial charge >= 0.3 is 0 Å². The van der Waals surface area contributed by atoms with E-state index in [2.05, 4.69) is 15.5 Å². The highest BCUT2D eigenvalue weighted by Crippen LogP contribution is 2.20. The van der Waals surface area contributed by atoms with Crippen molar-refractivity contribution in [2.24, 2.45) is 5.73 Å². The van der Waals surface area contributed by atoms with E-state index in [9.17, 15) is 4.79 Å². The number of amides is 1. The Labute approximate surface area is 124 Å². The smallest absolute Gasteiger partial charge is 0.241 e. The number of hydrogen-bond donors (Lipinski definition) is 2. The minimum absolute atomic E-state index is 0.0571. The quantitative estimate of drug-likeness (QED) is 0.753. The maximum absolute atomic E-state index is 11.6. The van der Waals surface area contributed by atoms with Crippen molar-refractivity contribution in [1.29, 1.82) is 0 Å². The van der Waals surface area contributed by atoms with E-state index in [0.717, 1.165) is 24.1 Å². The highest BCUT2D eigenvalue weighted by molar-refractivity contribution is 7.80. The van der Waals surface area contributed by atoms with Gasteiger partial charge in [0.15, 0.2) is 5.82 Å². The Morgan fingerprint density at radius 1 is 1.30 bits per heavy atom. The third-order valence-corrected chi connectivity index (χ3v) is 3.20. The van der Waals surface area contributed by atoms with Crippen LogP contribution in [0.25, 0.3) is 0 Å². The summed E-state index contributed by atoms with van der Waals surface area (Å²) in [6, 6.07) is 0. The Bertz CT molecular complexity index is 516. The van der Waals surface area contributed by atoms with E-state index < -0.39 is 0 Å². The number of likely N-dealkylation sites (N-methyl/N-ethyl adjacent to an activating group) is 1. The molecule has 0 unspecified atom stereocenters. The minimum Gasteiger partial charge on any atom is -0.389 e. The third kappa shape index (κ3) is 3.63. The van der Waals surface area contributed by atoms with Gasteiger partial charge in [-0.05, 0) is 18.4 Å². The van der Waals surface area contributed by atoms with Crippen LogP contribution >= 0.6 is 12.2 Å². The highest BCUT2D eigenvalue weighted by Gasteiger charge is 2.17. The summed E-state index contributed by atoms with van der Waals surface area (Å²) in [5, 5.41) is 11.3. The molecule has 0 atom stereocenters. The van der Waals surface area contributed by atoms with Crippen LogP contribution in [-0.4, -0.2) is 46.6 Å². The second-order valence-corrected chi connectivity index (χ2v) is 5.00. The first-order chi connectivity index (χ1) is 9.42. The number of thiocarbonyl (C=S) groups is 1. The average Bonchev–Trinajstić information content (AvgIpc) is 2.42. The molecule has 20 heavy (non-hydrogen) atoms. The molecular formula is C13H21N5OS. The molecule has 3 N–H and O–H groups in total. The second-order valence-electron chi connectivity index (χ2n) is 4.56. The number of hydrogen-bond acceptors (Lipinski definition) is 5. The largest absolute Gasteiger partial charge is 0.389 e. The van der Waals surface area contributed by atoms with Crippen LogP contribution in [0, 0.1) is 0 Å².